The normalized spacial score (nSPS) is 12.7. The zero-order valence-electron chi connectivity index (χ0n) is 10.5. The lowest BCUT2D eigenvalue weighted by Gasteiger charge is -2.11. The van der Waals surface area contributed by atoms with Gasteiger partial charge in [0, 0.05) is 5.39 Å². The van der Waals surface area contributed by atoms with Crippen molar-refractivity contribution in [2.45, 2.75) is 19.3 Å². The molecule has 1 aromatic heterocycles. The molecule has 3 aromatic rings. The minimum absolute atomic E-state index is 0.526. The second-order valence-electron chi connectivity index (χ2n) is 4.81. The van der Waals surface area contributed by atoms with Gasteiger partial charge in [-0.2, -0.15) is 0 Å². The summed E-state index contributed by atoms with van der Waals surface area (Å²) in [4.78, 5) is 0. The summed E-state index contributed by atoms with van der Waals surface area (Å²) in [6, 6.07) is 19.1. The van der Waals surface area contributed by atoms with Crippen LogP contribution >= 0.6 is 0 Å². The van der Waals surface area contributed by atoms with Crippen LogP contribution in [-0.4, -0.2) is 0 Å². The standard InChI is InChI=1S/C17H16O/c1-13(15-5-3-2-4-6-15)11-14-7-8-16-9-10-18-17(16)12-14/h2-10,12-13H,11H2,1H3. The van der Waals surface area contributed by atoms with Crippen molar-refractivity contribution in [3.8, 4) is 0 Å². The Labute approximate surface area is 107 Å². The number of hydrogen-bond donors (Lipinski definition) is 0. The molecule has 0 radical (unpaired) electrons. The summed E-state index contributed by atoms with van der Waals surface area (Å²) in [5.74, 6) is 0.526. The van der Waals surface area contributed by atoms with E-state index in [1.54, 1.807) is 6.26 Å². The molecule has 0 amide bonds. The van der Waals surface area contributed by atoms with Gasteiger partial charge < -0.3 is 4.42 Å². The molecule has 0 N–H and O–H groups in total. The Morgan fingerprint density at radius 3 is 2.67 bits per heavy atom. The molecule has 0 aliphatic rings. The average Bonchev–Trinajstić information content (AvgIpc) is 2.87. The predicted octanol–water partition coefficient (Wildman–Crippen LogP) is 4.78. The van der Waals surface area contributed by atoms with E-state index in [9.17, 15) is 0 Å². The van der Waals surface area contributed by atoms with Gasteiger partial charge in [0.05, 0.1) is 6.26 Å². The number of benzene rings is 2. The summed E-state index contributed by atoms with van der Waals surface area (Å²) < 4.78 is 5.45. The summed E-state index contributed by atoms with van der Waals surface area (Å²) >= 11 is 0. The van der Waals surface area contributed by atoms with Gasteiger partial charge in [-0.05, 0) is 35.6 Å². The lowest BCUT2D eigenvalue weighted by molar-refractivity contribution is 0.615. The molecule has 90 valence electrons. The van der Waals surface area contributed by atoms with Crippen molar-refractivity contribution in [3.05, 3.63) is 72.0 Å². The van der Waals surface area contributed by atoms with E-state index in [0.717, 1.165) is 12.0 Å². The smallest absolute Gasteiger partial charge is 0.134 e. The zero-order chi connectivity index (χ0) is 12.4. The van der Waals surface area contributed by atoms with Gasteiger partial charge in [-0.15, -0.1) is 0 Å². The van der Waals surface area contributed by atoms with E-state index in [1.807, 2.05) is 6.07 Å². The lowest BCUT2D eigenvalue weighted by atomic mass is 9.93. The van der Waals surface area contributed by atoms with Crippen LogP contribution in [0.15, 0.2) is 65.3 Å². The largest absolute Gasteiger partial charge is 0.464 e. The number of rotatable bonds is 3. The van der Waals surface area contributed by atoms with Crippen molar-refractivity contribution in [2.24, 2.45) is 0 Å². The van der Waals surface area contributed by atoms with Crippen molar-refractivity contribution in [3.63, 3.8) is 0 Å². The molecule has 0 fully saturated rings. The van der Waals surface area contributed by atoms with Gasteiger partial charge in [0.25, 0.3) is 0 Å². The van der Waals surface area contributed by atoms with Gasteiger partial charge in [-0.25, -0.2) is 0 Å². The SMILES string of the molecule is CC(Cc1ccc2ccoc2c1)c1ccccc1. The Balaban J connectivity index is 1.83. The summed E-state index contributed by atoms with van der Waals surface area (Å²) in [5, 5.41) is 1.17. The number of fused-ring (bicyclic) bond motifs is 1. The summed E-state index contributed by atoms with van der Waals surface area (Å²) in [5.41, 5.74) is 3.69. The van der Waals surface area contributed by atoms with Crippen LogP contribution in [0.5, 0.6) is 0 Å². The Morgan fingerprint density at radius 2 is 1.83 bits per heavy atom. The summed E-state index contributed by atoms with van der Waals surface area (Å²) in [7, 11) is 0. The number of hydrogen-bond acceptors (Lipinski definition) is 1. The average molecular weight is 236 g/mol. The molecule has 1 nitrogen and oxygen atoms in total. The van der Waals surface area contributed by atoms with E-state index < -0.39 is 0 Å². The fourth-order valence-electron chi connectivity index (χ4n) is 2.38. The molecule has 1 heteroatoms. The van der Waals surface area contributed by atoms with E-state index in [-0.39, 0.29) is 0 Å². The van der Waals surface area contributed by atoms with Gasteiger partial charge in [0.15, 0.2) is 0 Å². The highest BCUT2D eigenvalue weighted by Gasteiger charge is 2.07. The van der Waals surface area contributed by atoms with E-state index in [4.69, 9.17) is 4.42 Å². The first kappa shape index (κ1) is 11.1. The van der Waals surface area contributed by atoms with Crippen molar-refractivity contribution in [1.82, 2.24) is 0 Å². The molecule has 0 spiro atoms. The Morgan fingerprint density at radius 1 is 1.00 bits per heavy atom. The molecular formula is C17H16O. The van der Waals surface area contributed by atoms with Crippen LogP contribution in [0.2, 0.25) is 0 Å². The van der Waals surface area contributed by atoms with Crippen LogP contribution < -0.4 is 0 Å². The number of furan rings is 1. The van der Waals surface area contributed by atoms with Crippen molar-refractivity contribution < 1.29 is 4.42 Å². The molecule has 0 aliphatic heterocycles. The molecule has 1 heterocycles. The highest BCUT2D eigenvalue weighted by Crippen LogP contribution is 2.23. The van der Waals surface area contributed by atoms with Gasteiger partial charge in [-0.1, -0.05) is 49.4 Å². The summed E-state index contributed by atoms with van der Waals surface area (Å²) in [6.45, 7) is 2.27. The monoisotopic (exact) mass is 236 g/mol. The topological polar surface area (TPSA) is 13.1 Å². The van der Waals surface area contributed by atoms with Crippen LogP contribution in [0, 0.1) is 0 Å². The second kappa shape index (κ2) is 4.69. The predicted molar refractivity (Wildman–Crippen MR) is 74.8 cm³/mol. The maximum Gasteiger partial charge on any atom is 0.134 e. The molecule has 1 atom stereocenters. The Bertz CT molecular complexity index is 637. The molecule has 3 rings (SSSR count). The molecule has 1 unspecified atom stereocenters. The van der Waals surface area contributed by atoms with Crippen LogP contribution in [0.4, 0.5) is 0 Å². The fourth-order valence-corrected chi connectivity index (χ4v) is 2.38. The molecular weight excluding hydrogens is 220 g/mol. The van der Waals surface area contributed by atoms with Crippen LogP contribution in [0.1, 0.15) is 24.0 Å². The van der Waals surface area contributed by atoms with Crippen molar-refractivity contribution >= 4 is 11.0 Å². The second-order valence-corrected chi connectivity index (χ2v) is 4.81. The van der Waals surface area contributed by atoms with E-state index in [0.29, 0.717) is 5.92 Å². The zero-order valence-corrected chi connectivity index (χ0v) is 10.5. The Kier molecular flexibility index (Phi) is 2.89. The third-order valence-corrected chi connectivity index (χ3v) is 3.43. The van der Waals surface area contributed by atoms with E-state index in [1.165, 1.54) is 16.5 Å². The molecule has 0 aliphatic carbocycles. The first-order chi connectivity index (χ1) is 8.83. The van der Waals surface area contributed by atoms with Gasteiger partial charge in [0.2, 0.25) is 0 Å². The first-order valence-corrected chi connectivity index (χ1v) is 6.34. The van der Waals surface area contributed by atoms with E-state index >= 15 is 0 Å². The van der Waals surface area contributed by atoms with Gasteiger partial charge in [0.1, 0.15) is 5.58 Å². The third-order valence-electron chi connectivity index (χ3n) is 3.43. The summed E-state index contributed by atoms with van der Waals surface area (Å²) in [6.07, 6.45) is 2.79. The minimum atomic E-state index is 0.526. The van der Waals surface area contributed by atoms with Crippen LogP contribution in [-0.2, 0) is 6.42 Å². The molecule has 0 saturated heterocycles. The van der Waals surface area contributed by atoms with Gasteiger partial charge >= 0.3 is 0 Å². The molecule has 0 bridgehead atoms. The fraction of sp³-hybridized carbons (Fsp3) is 0.176. The van der Waals surface area contributed by atoms with Gasteiger partial charge in [-0.3, -0.25) is 0 Å². The molecule has 18 heavy (non-hydrogen) atoms. The lowest BCUT2D eigenvalue weighted by Crippen LogP contribution is -1.97. The highest BCUT2D eigenvalue weighted by atomic mass is 16.3. The van der Waals surface area contributed by atoms with Crippen molar-refractivity contribution in [1.29, 1.82) is 0 Å². The third kappa shape index (κ3) is 2.17. The first-order valence-electron chi connectivity index (χ1n) is 6.34. The maximum absolute atomic E-state index is 5.45. The van der Waals surface area contributed by atoms with Crippen LogP contribution in [0.3, 0.4) is 0 Å². The molecule has 0 saturated carbocycles. The Hall–Kier alpha value is -2.02. The molecule has 2 aromatic carbocycles. The van der Waals surface area contributed by atoms with Crippen LogP contribution in [0.25, 0.3) is 11.0 Å². The maximum atomic E-state index is 5.45. The van der Waals surface area contributed by atoms with E-state index in [2.05, 4.69) is 55.5 Å². The minimum Gasteiger partial charge on any atom is -0.464 e. The quantitative estimate of drug-likeness (QED) is 0.638. The van der Waals surface area contributed by atoms with Crippen molar-refractivity contribution in [2.75, 3.05) is 0 Å². The highest BCUT2D eigenvalue weighted by molar-refractivity contribution is 5.77.